The average molecular weight is 238 g/mol. The van der Waals surface area contributed by atoms with Gasteiger partial charge in [-0.15, -0.1) is 0 Å². The van der Waals surface area contributed by atoms with E-state index < -0.39 is 30.9 Å². The van der Waals surface area contributed by atoms with Crippen molar-refractivity contribution in [1.82, 2.24) is 0 Å². The van der Waals surface area contributed by atoms with Gasteiger partial charge in [-0.05, 0) is 12.8 Å². The normalized spacial score (nSPS) is 18.9. The van der Waals surface area contributed by atoms with E-state index in [1.54, 1.807) is 0 Å². The fourth-order valence-electron chi connectivity index (χ4n) is 1.43. The second kappa shape index (κ2) is 4.77. The van der Waals surface area contributed by atoms with Crippen LogP contribution in [0.2, 0.25) is 0 Å². The van der Waals surface area contributed by atoms with Crippen LogP contribution in [-0.2, 0) is 14.2 Å². The highest BCUT2D eigenvalue weighted by Crippen LogP contribution is 2.55. The third-order valence-electron chi connectivity index (χ3n) is 2.53. The van der Waals surface area contributed by atoms with Crippen LogP contribution >= 0.6 is 7.37 Å². The summed E-state index contributed by atoms with van der Waals surface area (Å²) in [6.07, 6.45) is -0.836. The van der Waals surface area contributed by atoms with Gasteiger partial charge in [0.05, 0.1) is 0 Å². The molecule has 0 aromatic carbocycles. The molecule has 0 aliphatic rings. The van der Waals surface area contributed by atoms with E-state index in [4.69, 9.17) is 10.2 Å². The molecule has 0 aliphatic carbocycles. The van der Waals surface area contributed by atoms with Gasteiger partial charge in [-0.3, -0.25) is 14.2 Å². The summed E-state index contributed by atoms with van der Waals surface area (Å²) in [5.74, 6) is -2.60. The van der Waals surface area contributed by atoms with Crippen LogP contribution in [0.15, 0.2) is 0 Å². The highest BCUT2D eigenvalue weighted by Gasteiger charge is 2.49. The van der Waals surface area contributed by atoms with Crippen LogP contribution in [0.3, 0.4) is 0 Å². The third kappa shape index (κ3) is 3.04. The predicted molar refractivity (Wildman–Crippen MR) is 53.3 cm³/mol. The highest BCUT2D eigenvalue weighted by atomic mass is 31.2. The van der Waals surface area contributed by atoms with E-state index in [0.29, 0.717) is 0 Å². The van der Waals surface area contributed by atoms with Gasteiger partial charge in [-0.25, -0.2) is 0 Å². The number of aliphatic carboxylic acids is 2. The van der Waals surface area contributed by atoms with E-state index in [1.165, 1.54) is 6.92 Å². The first kappa shape index (κ1) is 14.1. The molecule has 0 saturated heterocycles. The molecule has 0 radical (unpaired) electrons. The second-order valence-corrected chi connectivity index (χ2v) is 6.08. The number of rotatable bonds is 6. The van der Waals surface area contributed by atoms with Gasteiger partial charge < -0.3 is 15.1 Å². The zero-order valence-electron chi connectivity index (χ0n) is 8.63. The Balaban J connectivity index is 5.09. The molecular weight excluding hydrogens is 223 g/mol. The average Bonchev–Trinajstić information content (AvgIpc) is 2.02. The Labute approximate surface area is 87.4 Å². The highest BCUT2D eigenvalue weighted by molar-refractivity contribution is 7.60. The van der Waals surface area contributed by atoms with Gasteiger partial charge in [0.15, 0.2) is 0 Å². The number of carboxylic acid groups (broad SMARTS) is 2. The van der Waals surface area contributed by atoms with E-state index in [1.807, 2.05) is 0 Å². The first-order chi connectivity index (χ1) is 6.67. The molecule has 2 atom stereocenters. The second-order valence-electron chi connectivity index (χ2n) is 3.46. The van der Waals surface area contributed by atoms with Crippen LogP contribution in [0.4, 0.5) is 0 Å². The molecule has 0 amide bonds. The topological polar surface area (TPSA) is 112 Å². The third-order valence-corrected chi connectivity index (χ3v) is 4.85. The first-order valence-electron chi connectivity index (χ1n) is 4.43. The van der Waals surface area contributed by atoms with Crippen LogP contribution in [0.1, 0.15) is 26.2 Å². The summed E-state index contributed by atoms with van der Waals surface area (Å²) in [6.45, 7) is 2.41. The lowest BCUT2D eigenvalue weighted by Gasteiger charge is -2.29. The summed E-state index contributed by atoms with van der Waals surface area (Å²) in [4.78, 5) is 30.7. The number of hydrogen-bond donors (Lipinski definition) is 3. The zero-order valence-corrected chi connectivity index (χ0v) is 9.53. The molecule has 0 rings (SSSR count). The lowest BCUT2D eigenvalue weighted by molar-refractivity contribution is -0.141. The molecule has 0 heterocycles. The molecule has 0 aromatic heterocycles. The Morgan fingerprint density at radius 2 is 1.80 bits per heavy atom. The smallest absolute Gasteiger partial charge is 0.319 e. The summed E-state index contributed by atoms with van der Waals surface area (Å²) < 4.78 is 11.5. The van der Waals surface area contributed by atoms with Crippen molar-refractivity contribution in [3.8, 4) is 0 Å². The number of carboxylic acids is 2. The van der Waals surface area contributed by atoms with E-state index in [9.17, 15) is 19.0 Å². The standard InChI is InChI=1S/C8H15O6P/c1-3-8(7(11)12,15(2,13)14)5-4-6(9)10/h3-5H2,1-2H3,(H,9,10)(H,11,12)(H,13,14). The van der Waals surface area contributed by atoms with Gasteiger partial charge in [0, 0.05) is 13.1 Å². The molecular formula is C8H15O6P. The van der Waals surface area contributed by atoms with Crippen molar-refractivity contribution >= 4 is 19.3 Å². The predicted octanol–water partition coefficient (Wildman–Crippen LogP) is 0.985. The van der Waals surface area contributed by atoms with E-state index in [0.717, 1.165) is 6.66 Å². The maximum Gasteiger partial charge on any atom is 0.319 e. The molecule has 15 heavy (non-hydrogen) atoms. The van der Waals surface area contributed by atoms with Crippen molar-refractivity contribution in [2.24, 2.45) is 0 Å². The fraction of sp³-hybridized carbons (Fsp3) is 0.750. The van der Waals surface area contributed by atoms with Crippen LogP contribution in [0, 0.1) is 0 Å². The Kier molecular flexibility index (Phi) is 4.49. The SMILES string of the molecule is CCC(CCC(=O)O)(C(=O)O)P(C)(=O)O. The van der Waals surface area contributed by atoms with Gasteiger partial charge in [-0.1, -0.05) is 6.92 Å². The van der Waals surface area contributed by atoms with Crippen molar-refractivity contribution in [3.05, 3.63) is 0 Å². The molecule has 2 unspecified atom stereocenters. The maximum atomic E-state index is 11.5. The molecule has 3 N–H and O–H groups in total. The molecule has 0 spiro atoms. The van der Waals surface area contributed by atoms with Crippen LogP contribution in [0.25, 0.3) is 0 Å². The summed E-state index contributed by atoms with van der Waals surface area (Å²) >= 11 is 0. The molecule has 0 saturated carbocycles. The van der Waals surface area contributed by atoms with Gasteiger partial charge in [0.1, 0.15) is 5.16 Å². The Hall–Kier alpha value is -0.870. The molecule has 6 nitrogen and oxygen atoms in total. The number of carbonyl (C=O) groups is 2. The largest absolute Gasteiger partial charge is 0.481 e. The minimum Gasteiger partial charge on any atom is -0.481 e. The van der Waals surface area contributed by atoms with Crippen molar-refractivity contribution in [2.75, 3.05) is 6.66 Å². The first-order valence-corrected chi connectivity index (χ1v) is 6.53. The monoisotopic (exact) mass is 238 g/mol. The molecule has 0 bridgehead atoms. The Bertz CT molecular complexity index is 306. The number of hydrogen-bond acceptors (Lipinski definition) is 3. The lowest BCUT2D eigenvalue weighted by Crippen LogP contribution is -2.38. The maximum absolute atomic E-state index is 11.5. The van der Waals surface area contributed by atoms with Crippen molar-refractivity contribution in [1.29, 1.82) is 0 Å². The Morgan fingerprint density at radius 1 is 1.33 bits per heavy atom. The van der Waals surface area contributed by atoms with E-state index in [2.05, 4.69) is 0 Å². The van der Waals surface area contributed by atoms with E-state index in [-0.39, 0.29) is 12.8 Å². The van der Waals surface area contributed by atoms with Gasteiger partial charge in [0.25, 0.3) is 0 Å². The summed E-state index contributed by atoms with van der Waals surface area (Å²) in [5.41, 5.74) is 0. The molecule has 88 valence electrons. The van der Waals surface area contributed by atoms with Crippen LogP contribution in [-0.4, -0.2) is 38.9 Å². The van der Waals surface area contributed by atoms with Gasteiger partial charge in [0.2, 0.25) is 7.37 Å². The quantitative estimate of drug-likeness (QED) is 0.595. The fourth-order valence-corrected chi connectivity index (χ4v) is 2.90. The Morgan fingerprint density at radius 3 is 2.00 bits per heavy atom. The minimum atomic E-state index is -3.88. The summed E-state index contributed by atoms with van der Waals surface area (Å²) in [6, 6.07) is 0. The lowest BCUT2D eigenvalue weighted by atomic mass is 9.99. The van der Waals surface area contributed by atoms with Gasteiger partial charge >= 0.3 is 11.9 Å². The van der Waals surface area contributed by atoms with E-state index >= 15 is 0 Å². The molecule has 7 heteroatoms. The minimum absolute atomic E-state index is 0.0696. The zero-order chi connectivity index (χ0) is 12.3. The molecule has 0 aromatic rings. The van der Waals surface area contributed by atoms with Crippen LogP contribution in [0.5, 0.6) is 0 Å². The van der Waals surface area contributed by atoms with Crippen molar-refractivity contribution < 1.29 is 29.3 Å². The summed E-state index contributed by atoms with van der Waals surface area (Å²) in [5, 5.41) is 15.6. The summed E-state index contributed by atoms with van der Waals surface area (Å²) in [7, 11) is -3.88. The van der Waals surface area contributed by atoms with Crippen molar-refractivity contribution in [2.45, 2.75) is 31.3 Å². The molecule has 0 aliphatic heterocycles. The van der Waals surface area contributed by atoms with Crippen LogP contribution < -0.4 is 0 Å². The van der Waals surface area contributed by atoms with Gasteiger partial charge in [-0.2, -0.15) is 0 Å². The van der Waals surface area contributed by atoms with Crippen molar-refractivity contribution in [3.63, 3.8) is 0 Å². The molecule has 0 fully saturated rings.